The lowest BCUT2D eigenvalue weighted by Crippen LogP contribution is -2.52. The van der Waals surface area contributed by atoms with Crippen molar-refractivity contribution in [3.8, 4) is 10.6 Å². The van der Waals surface area contributed by atoms with E-state index in [2.05, 4.69) is 15.4 Å². The van der Waals surface area contributed by atoms with Crippen molar-refractivity contribution >= 4 is 42.1 Å². The summed E-state index contributed by atoms with van der Waals surface area (Å²) in [7, 11) is 1.63. The van der Waals surface area contributed by atoms with Crippen molar-refractivity contribution in [2.45, 2.75) is 33.7 Å². The zero-order valence-electron chi connectivity index (χ0n) is 16.0. The first-order valence-electron chi connectivity index (χ1n) is 8.35. The molecule has 0 radical (unpaired) electrons. The Morgan fingerprint density at radius 3 is 2.52 bits per heavy atom. The molecule has 27 heavy (non-hydrogen) atoms. The van der Waals surface area contributed by atoms with Crippen molar-refractivity contribution in [2.24, 2.45) is 7.05 Å². The first-order valence-corrected chi connectivity index (χ1v) is 9.17. The fraction of sp³-hybridized carbons (Fsp3) is 0.529. The molecule has 2 aromatic rings. The second-order valence-corrected chi connectivity index (χ2v) is 7.50. The van der Waals surface area contributed by atoms with Gasteiger partial charge in [0.25, 0.3) is 11.5 Å². The highest BCUT2D eigenvalue weighted by atomic mass is 35.5. The molecule has 0 bridgehead atoms. The van der Waals surface area contributed by atoms with Crippen molar-refractivity contribution < 1.29 is 4.79 Å². The highest BCUT2D eigenvalue weighted by Gasteiger charge is 2.28. The second kappa shape index (κ2) is 9.14. The summed E-state index contributed by atoms with van der Waals surface area (Å²) in [5.41, 5.74) is 2.62. The molecule has 10 heteroatoms. The average molecular weight is 434 g/mol. The van der Waals surface area contributed by atoms with Crippen LogP contribution < -0.4 is 10.9 Å². The Kier molecular flexibility index (Phi) is 7.98. The van der Waals surface area contributed by atoms with Gasteiger partial charge in [0, 0.05) is 32.7 Å². The smallest absolute Gasteiger partial charge is 0.277 e. The number of thiazole rings is 1. The molecule has 2 aromatic heterocycles. The quantitative estimate of drug-likeness (QED) is 0.783. The highest BCUT2D eigenvalue weighted by Crippen LogP contribution is 2.30. The van der Waals surface area contributed by atoms with Crippen LogP contribution in [0.2, 0.25) is 0 Å². The molecule has 1 atom stereocenters. The minimum Gasteiger partial charge on any atom is -0.333 e. The molecule has 0 saturated carbocycles. The third kappa shape index (κ3) is 4.34. The maximum absolute atomic E-state index is 13.0. The van der Waals surface area contributed by atoms with Gasteiger partial charge in [0.05, 0.1) is 17.0 Å². The minimum absolute atomic E-state index is 0. The highest BCUT2D eigenvalue weighted by molar-refractivity contribution is 7.17. The van der Waals surface area contributed by atoms with E-state index < -0.39 is 0 Å². The number of nitrogens with one attached hydrogen (secondary N) is 1. The average Bonchev–Trinajstić information content (AvgIpc) is 2.94. The van der Waals surface area contributed by atoms with E-state index >= 15 is 0 Å². The van der Waals surface area contributed by atoms with Crippen LogP contribution in [-0.2, 0) is 7.05 Å². The Morgan fingerprint density at radius 1 is 1.22 bits per heavy atom. The topological polar surface area (TPSA) is 80.1 Å². The molecular formula is C17H25Cl2N5O2S. The van der Waals surface area contributed by atoms with E-state index in [-0.39, 0.29) is 42.3 Å². The fourth-order valence-corrected chi connectivity index (χ4v) is 4.19. The summed E-state index contributed by atoms with van der Waals surface area (Å²) in [6.07, 6.45) is 0. The normalized spacial score (nSPS) is 16.5. The van der Waals surface area contributed by atoms with E-state index in [4.69, 9.17) is 0 Å². The van der Waals surface area contributed by atoms with Crippen molar-refractivity contribution in [1.82, 2.24) is 25.0 Å². The van der Waals surface area contributed by atoms with Gasteiger partial charge in [-0.15, -0.1) is 36.2 Å². The Bertz CT molecular complexity index is 896. The van der Waals surface area contributed by atoms with Gasteiger partial charge in [0.15, 0.2) is 0 Å². The van der Waals surface area contributed by atoms with Gasteiger partial charge in [0.2, 0.25) is 0 Å². The number of aryl methyl sites for hydroxylation is 3. The summed E-state index contributed by atoms with van der Waals surface area (Å²) in [4.78, 5) is 32.5. The third-order valence-corrected chi connectivity index (χ3v) is 5.86. The number of nitrogens with zero attached hydrogens (tertiary/aromatic N) is 4. The first kappa shape index (κ1) is 23.6. The van der Waals surface area contributed by atoms with Gasteiger partial charge in [-0.1, -0.05) is 0 Å². The molecule has 1 saturated heterocycles. The molecule has 150 valence electrons. The van der Waals surface area contributed by atoms with E-state index in [9.17, 15) is 9.59 Å². The number of aromatic nitrogens is 3. The number of carbonyl (C=O) groups is 1. The van der Waals surface area contributed by atoms with Crippen LogP contribution in [0.3, 0.4) is 0 Å². The van der Waals surface area contributed by atoms with Gasteiger partial charge in [-0.3, -0.25) is 9.59 Å². The zero-order valence-corrected chi connectivity index (χ0v) is 18.5. The minimum atomic E-state index is -0.189. The van der Waals surface area contributed by atoms with Crippen LogP contribution >= 0.6 is 36.2 Å². The van der Waals surface area contributed by atoms with E-state index in [0.717, 1.165) is 24.3 Å². The Labute approximate surface area is 175 Å². The molecule has 7 nitrogen and oxygen atoms in total. The van der Waals surface area contributed by atoms with Crippen LogP contribution in [0.1, 0.15) is 33.5 Å². The monoisotopic (exact) mass is 433 g/mol. The first-order chi connectivity index (χ1) is 11.8. The maximum Gasteiger partial charge on any atom is 0.277 e. The maximum atomic E-state index is 13.0. The summed E-state index contributed by atoms with van der Waals surface area (Å²) in [5.74, 6) is -0.00416. The van der Waals surface area contributed by atoms with E-state index in [1.54, 1.807) is 7.05 Å². The number of rotatable bonds is 2. The lowest BCUT2D eigenvalue weighted by atomic mass is 10.1. The summed E-state index contributed by atoms with van der Waals surface area (Å²) in [6.45, 7) is 9.87. The van der Waals surface area contributed by atoms with Gasteiger partial charge in [-0.2, -0.15) is 5.10 Å². The van der Waals surface area contributed by atoms with Gasteiger partial charge in [-0.25, -0.2) is 9.67 Å². The van der Waals surface area contributed by atoms with Crippen LogP contribution in [-0.4, -0.2) is 51.2 Å². The third-order valence-electron chi connectivity index (χ3n) is 4.69. The number of carbonyl (C=O) groups excluding carboxylic acids is 1. The second-order valence-electron chi connectivity index (χ2n) is 6.50. The van der Waals surface area contributed by atoms with Gasteiger partial charge < -0.3 is 10.2 Å². The standard InChI is InChI=1S/C17H23N5O2S.2ClH/c1-9-8-18-6-7-22(9)17(24)14-12(4)19-15(25-14)13-10(2)11(3)20-21(5)16(13)23;;/h9,18H,6-8H2,1-5H3;2*1H/t9-;;/m1../s1. The molecule has 0 aromatic carbocycles. The zero-order chi connectivity index (χ0) is 18.3. The number of hydrogen-bond donors (Lipinski definition) is 1. The molecule has 3 rings (SSSR count). The van der Waals surface area contributed by atoms with Crippen LogP contribution in [0.5, 0.6) is 0 Å². The molecule has 1 aliphatic heterocycles. The summed E-state index contributed by atoms with van der Waals surface area (Å²) in [6, 6.07) is 0.143. The molecule has 0 aliphatic carbocycles. The Balaban J connectivity index is 0.00000182. The van der Waals surface area contributed by atoms with Crippen molar-refractivity contribution in [3.05, 3.63) is 32.2 Å². The number of halogens is 2. The van der Waals surface area contributed by atoms with Crippen molar-refractivity contribution in [1.29, 1.82) is 0 Å². The van der Waals surface area contributed by atoms with Crippen LogP contribution in [0, 0.1) is 20.8 Å². The molecule has 0 spiro atoms. The molecule has 1 N–H and O–H groups in total. The Morgan fingerprint density at radius 2 is 1.89 bits per heavy atom. The van der Waals surface area contributed by atoms with Crippen LogP contribution in [0.4, 0.5) is 0 Å². The molecular weight excluding hydrogens is 409 g/mol. The number of amides is 1. The van der Waals surface area contributed by atoms with E-state index in [1.165, 1.54) is 16.0 Å². The SMILES string of the molecule is Cc1nc(-c2c(C)c(C)nn(C)c2=O)sc1C(=O)N1CCNC[C@H]1C.Cl.Cl. The molecule has 0 unspecified atom stereocenters. The molecule has 3 heterocycles. The molecule has 1 amide bonds. The van der Waals surface area contributed by atoms with Crippen LogP contribution in [0.15, 0.2) is 4.79 Å². The predicted molar refractivity (Wildman–Crippen MR) is 113 cm³/mol. The largest absolute Gasteiger partial charge is 0.333 e. The number of piperazine rings is 1. The lowest BCUT2D eigenvalue weighted by molar-refractivity contribution is 0.0660. The number of hydrogen-bond acceptors (Lipinski definition) is 6. The molecule has 1 aliphatic rings. The summed E-state index contributed by atoms with van der Waals surface area (Å²) < 4.78 is 1.33. The lowest BCUT2D eigenvalue weighted by Gasteiger charge is -2.33. The van der Waals surface area contributed by atoms with Crippen molar-refractivity contribution in [3.63, 3.8) is 0 Å². The van der Waals surface area contributed by atoms with Gasteiger partial charge in [-0.05, 0) is 33.3 Å². The van der Waals surface area contributed by atoms with Crippen LogP contribution in [0.25, 0.3) is 10.6 Å². The van der Waals surface area contributed by atoms with E-state index in [0.29, 0.717) is 27.7 Å². The Hall–Kier alpha value is -1.48. The van der Waals surface area contributed by atoms with Crippen molar-refractivity contribution in [2.75, 3.05) is 19.6 Å². The summed E-state index contributed by atoms with van der Waals surface area (Å²) >= 11 is 1.30. The molecule has 1 fully saturated rings. The summed E-state index contributed by atoms with van der Waals surface area (Å²) in [5, 5.41) is 8.08. The van der Waals surface area contributed by atoms with Gasteiger partial charge >= 0.3 is 0 Å². The predicted octanol–water partition coefficient (Wildman–Crippen LogP) is 2.11. The fourth-order valence-electron chi connectivity index (χ4n) is 3.08. The van der Waals surface area contributed by atoms with Gasteiger partial charge in [0.1, 0.15) is 9.88 Å². The van der Waals surface area contributed by atoms with E-state index in [1.807, 2.05) is 32.6 Å².